The van der Waals surface area contributed by atoms with Crippen LogP contribution in [0.4, 0.5) is 9.18 Å². The SMILES string of the molecule is O=C(NCc1ccc(F)cc1)NCC1(c2ccc(Cl)cc2)CC1. The summed E-state index contributed by atoms with van der Waals surface area (Å²) in [6, 6.07) is 13.7. The van der Waals surface area contributed by atoms with E-state index < -0.39 is 0 Å². The lowest BCUT2D eigenvalue weighted by atomic mass is 9.96. The number of hydrogen-bond donors (Lipinski definition) is 2. The van der Waals surface area contributed by atoms with Crippen LogP contribution in [0.15, 0.2) is 48.5 Å². The molecule has 0 aromatic heterocycles. The van der Waals surface area contributed by atoms with Gasteiger partial charge in [-0.2, -0.15) is 0 Å². The molecule has 0 bridgehead atoms. The van der Waals surface area contributed by atoms with Crippen LogP contribution in [0.5, 0.6) is 0 Å². The Balaban J connectivity index is 1.49. The molecule has 0 aliphatic heterocycles. The van der Waals surface area contributed by atoms with Crippen LogP contribution in [0.2, 0.25) is 5.02 Å². The van der Waals surface area contributed by atoms with Gasteiger partial charge >= 0.3 is 6.03 Å². The van der Waals surface area contributed by atoms with E-state index >= 15 is 0 Å². The van der Waals surface area contributed by atoms with Gasteiger partial charge in [0.05, 0.1) is 0 Å². The molecule has 2 N–H and O–H groups in total. The van der Waals surface area contributed by atoms with E-state index in [0.717, 1.165) is 23.4 Å². The minimum atomic E-state index is -0.281. The number of halogens is 2. The first-order chi connectivity index (χ1) is 11.1. The van der Waals surface area contributed by atoms with Gasteiger partial charge in [-0.15, -0.1) is 0 Å². The normalized spacial score (nSPS) is 15.0. The van der Waals surface area contributed by atoms with E-state index in [0.29, 0.717) is 13.1 Å². The van der Waals surface area contributed by atoms with Crippen LogP contribution in [-0.2, 0) is 12.0 Å². The van der Waals surface area contributed by atoms with Gasteiger partial charge in [-0.3, -0.25) is 0 Å². The fraction of sp³-hybridized carbons (Fsp3) is 0.278. The predicted molar refractivity (Wildman–Crippen MR) is 89.0 cm³/mol. The lowest BCUT2D eigenvalue weighted by Crippen LogP contribution is -2.39. The minimum absolute atomic E-state index is 0.0395. The van der Waals surface area contributed by atoms with Crippen LogP contribution in [0.3, 0.4) is 0 Å². The van der Waals surface area contributed by atoms with E-state index in [4.69, 9.17) is 11.6 Å². The summed E-state index contributed by atoms with van der Waals surface area (Å²) < 4.78 is 12.8. The van der Waals surface area contributed by atoms with Gasteiger partial charge in [-0.25, -0.2) is 9.18 Å². The molecule has 0 saturated heterocycles. The van der Waals surface area contributed by atoms with Crippen molar-refractivity contribution in [2.45, 2.75) is 24.8 Å². The second-order valence-electron chi connectivity index (χ2n) is 5.95. The first kappa shape index (κ1) is 15.8. The summed E-state index contributed by atoms with van der Waals surface area (Å²) in [5.74, 6) is -0.281. The highest BCUT2D eigenvalue weighted by atomic mass is 35.5. The van der Waals surface area contributed by atoms with Crippen LogP contribution in [0.1, 0.15) is 24.0 Å². The number of hydrogen-bond acceptors (Lipinski definition) is 1. The first-order valence-corrected chi connectivity index (χ1v) is 7.97. The van der Waals surface area contributed by atoms with Gasteiger partial charge in [-0.05, 0) is 48.2 Å². The second kappa shape index (κ2) is 6.59. The number of benzene rings is 2. The topological polar surface area (TPSA) is 41.1 Å². The molecule has 23 heavy (non-hydrogen) atoms. The van der Waals surface area contributed by atoms with Crippen molar-refractivity contribution < 1.29 is 9.18 Å². The Morgan fingerprint density at radius 3 is 2.30 bits per heavy atom. The zero-order valence-corrected chi connectivity index (χ0v) is 13.4. The highest BCUT2D eigenvalue weighted by Gasteiger charge is 2.44. The van der Waals surface area contributed by atoms with Crippen LogP contribution in [0.25, 0.3) is 0 Å². The van der Waals surface area contributed by atoms with Crippen molar-refractivity contribution in [1.29, 1.82) is 0 Å². The van der Waals surface area contributed by atoms with Gasteiger partial charge in [0.15, 0.2) is 0 Å². The molecule has 1 aliphatic rings. The van der Waals surface area contributed by atoms with Crippen molar-refractivity contribution in [3.05, 3.63) is 70.5 Å². The number of rotatable bonds is 5. The summed E-state index contributed by atoms with van der Waals surface area (Å²) in [6.45, 7) is 0.976. The standard InChI is InChI=1S/C18H18ClFN2O/c19-15-5-3-14(4-6-15)18(9-10-18)12-22-17(23)21-11-13-1-7-16(20)8-2-13/h1-8H,9-12H2,(H2,21,22,23). The molecule has 3 nitrogen and oxygen atoms in total. The quantitative estimate of drug-likeness (QED) is 0.853. The molecule has 1 aliphatic carbocycles. The monoisotopic (exact) mass is 332 g/mol. The molecule has 0 atom stereocenters. The number of nitrogens with one attached hydrogen (secondary N) is 2. The molecule has 2 aromatic rings. The molecule has 3 rings (SSSR count). The number of carbonyl (C=O) groups excluding carboxylic acids is 1. The third-order valence-electron chi connectivity index (χ3n) is 4.26. The van der Waals surface area contributed by atoms with Gasteiger partial charge in [0, 0.05) is 23.5 Å². The molecular formula is C18H18ClFN2O. The van der Waals surface area contributed by atoms with Gasteiger partial charge in [0.1, 0.15) is 5.82 Å². The van der Waals surface area contributed by atoms with Crippen molar-refractivity contribution in [2.24, 2.45) is 0 Å². The third kappa shape index (κ3) is 4.02. The molecule has 120 valence electrons. The average Bonchev–Trinajstić information content (AvgIpc) is 3.34. The average molecular weight is 333 g/mol. The molecule has 0 radical (unpaired) electrons. The Kier molecular flexibility index (Phi) is 4.53. The van der Waals surface area contributed by atoms with E-state index in [1.165, 1.54) is 17.7 Å². The fourth-order valence-corrected chi connectivity index (χ4v) is 2.74. The van der Waals surface area contributed by atoms with Gasteiger partial charge in [0.2, 0.25) is 0 Å². The van der Waals surface area contributed by atoms with Crippen LogP contribution in [-0.4, -0.2) is 12.6 Å². The van der Waals surface area contributed by atoms with Crippen molar-refractivity contribution >= 4 is 17.6 Å². The minimum Gasteiger partial charge on any atom is -0.337 e. The van der Waals surface area contributed by atoms with Crippen LogP contribution in [0, 0.1) is 5.82 Å². The zero-order valence-electron chi connectivity index (χ0n) is 12.6. The predicted octanol–water partition coefficient (Wildman–Crippen LogP) is 4.01. The van der Waals surface area contributed by atoms with Gasteiger partial charge in [-0.1, -0.05) is 35.9 Å². The smallest absolute Gasteiger partial charge is 0.315 e. The Labute approximate surface area is 139 Å². The maximum Gasteiger partial charge on any atom is 0.315 e. The summed E-state index contributed by atoms with van der Waals surface area (Å²) >= 11 is 5.92. The van der Waals surface area contributed by atoms with E-state index in [1.807, 2.05) is 24.3 Å². The second-order valence-corrected chi connectivity index (χ2v) is 6.39. The first-order valence-electron chi connectivity index (χ1n) is 7.60. The van der Waals surface area contributed by atoms with Crippen molar-refractivity contribution in [2.75, 3.05) is 6.54 Å². The maximum atomic E-state index is 12.8. The zero-order chi connectivity index (χ0) is 16.3. The summed E-state index contributed by atoms with van der Waals surface area (Å²) in [7, 11) is 0. The molecule has 0 unspecified atom stereocenters. The van der Waals surface area contributed by atoms with Crippen LogP contribution >= 0.6 is 11.6 Å². The molecule has 2 amide bonds. The third-order valence-corrected chi connectivity index (χ3v) is 4.52. The number of urea groups is 1. The maximum absolute atomic E-state index is 12.8. The largest absolute Gasteiger partial charge is 0.337 e. The lowest BCUT2D eigenvalue weighted by Gasteiger charge is -2.17. The van der Waals surface area contributed by atoms with Gasteiger partial charge in [0.25, 0.3) is 0 Å². The van der Waals surface area contributed by atoms with Gasteiger partial charge < -0.3 is 10.6 Å². The summed E-state index contributed by atoms with van der Waals surface area (Å²) in [6.07, 6.45) is 2.12. The van der Waals surface area contributed by atoms with Crippen molar-refractivity contribution in [1.82, 2.24) is 10.6 Å². The summed E-state index contributed by atoms with van der Waals surface area (Å²) in [5, 5.41) is 6.43. The van der Waals surface area contributed by atoms with E-state index in [2.05, 4.69) is 10.6 Å². The number of carbonyl (C=O) groups is 1. The Hall–Kier alpha value is -2.07. The molecular weight excluding hydrogens is 315 g/mol. The molecule has 1 fully saturated rings. The molecule has 5 heteroatoms. The Bertz CT molecular complexity index is 681. The van der Waals surface area contributed by atoms with Crippen LogP contribution < -0.4 is 10.6 Å². The Morgan fingerprint density at radius 2 is 1.70 bits per heavy atom. The lowest BCUT2D eigenvalue weighted by molar-refractivity contribution is 0.239. The highest BCUT2D eigenvalue weighted by Crippen LogP contribution is 2.47. The molecule has 0 spiro atoms. The van der Waals surface area contributed by atoms with Crippen molar-refractivity contribution in [3.63, 3.8) is 0 Å². The summed E-state index contributed by atoms with van der Waals surface area (Å²) in [5.41, 5.74) is 2.11. The fourth-order valence-electron chi connectivity index (χ4n) is 2.62. The molecule has 2 aromatic carbocycles. The van der Waals surface area contributed by atoms with E-state index in [-0.39, 0.29) is 17.3 Å². The Morgan fingerprint density at radius 1 is 1.04 bits per heavy atom. The molecule has 0 heterocycles. The summed E-state index contributed by atoms with van der Waals surface area (Å²) in [4.78, 5) is 11.9. The number of amides is 2. The van der Waals surface area contributed by atoms with E-state index in [9.17, 15) is 9.18 Å². The highest BCUT2D eigenvalue weighted by molar-refractivity contribution is 6.30. The van der Waals surface area contributed by atoms with Crippen molar-refractivity contribution in [3.8, 4) is 0 Å². The van der Waals surface area contributed by atoms with E-state index in [1.54, 1.807) is 12.1 Å². The molecule has 1 saturated carbocycles.